The van der Waals surface area contributed by atoms with Gasteiger partial charge in [-0.2, -0.15) is 0 Å². The van der Waals surface area contributed by atoms with Gasteiger partial charge in [-0.15, -0.1) is 10.2 Å². The summed E-state index contributed by atoms with van der Waals surface area (Å²) in [7, 11) is 1.92. The molecule has 1 aliphatic carbocycles. The molecule has 0 saturated heterocycles. The monoisotopic (exact) mass is 225 g/mol. The summed E-state index contributed by atoms with van der Waals surface area (Å²) in [6, 6.07) is 0.660. The molecule has 0 aliphatic heterocycles. The van der Waals surface area contributed by atoms with E-state index in [2.05, 4.69) is 20.8 Å². The van der Waals surface area contributed by atoms with Crippen LogP contribution in [0, 0.1) is 0 Å². The van der Waals surface area contributed by atoms with Gasteiger partial charge in [0.2, 0.25) is 0 Å². The number of thiocarbonyl (C=S) groups is 1. The Kier molecular flexibility index (Phi) is 2.86. The van der Waals surface area contributed by atoms with Gasteiger partial charge in [-0.1, -0.05) is 0 Å². The van der Waals surface area contributed by atoms with E-state index in [1.165, 1.54) is 12.8 Å². The third-order valence-corrected chi connectivity index (χ3v) is 2.63. The van der Waals surface area contributed by atoms with Gasteiger partial charge in [0.1, 0.15) is 6.33 Å². The smallest absolute Gasteiger partial charge is 0.167 e. The van der Waals surface area contributed by atoms with Crippen LogP contribution in [0.5, 0.6) is 0 Å². The van der Waals surface area contributed by atoms with Crippen LogP contribution in [0.1, 0.15) is 31.6 Å². The highest BCUT2D eigenvalue weighted by Gasteiger charge is 2.22. The molecule has 1 aromatic rings. The van der Waals surface area contributed by atoms with Gasteiger partial charge in [-0.05, 0) is 32.0 Å². The van der Waals surface area contributed by atoms with Crippen LogP contribution < -0.4 is 10.6 Å². The minimum absolute atomic E-state index is 0.0799. The van der Waals surface area contributed by atoms with Crippen LogP contribution in [0.2, 0.25) is 0 Å². The fourth-order valence-electron chi connectivity index (χ4n) is 1.40. The van der Waals surface area contributed by atoms with Crippen molar-refractivity contribution in [2.45, 2.75) is 31.8 Å². The summed E-state index contributed by atoms with van der Waals surface area (Å²) < 4.78 is 1.89. The first-order valence-electron chi connectivity index (χ1n) is 5.07. The van der Waals surface area contributed by atoms with Crippen LogP contribution in [-0.2, 0) is 7.05 Å². The van der Waals surface area contributed by atoms with Crippen molar-refractivity contribution in [2.24, 2.45) is 7.05 Å². The zero-order valence-corrected chi connectivity index (χ0v) is 9.71. The van der Waals surface area contributed by atoms with Crippen LogP contribution in [-0.4, -0.2) is 25.9 Å². The first-order chi connectivity index (χ1) is 7.16. The third-order valence-electron chi connectivity index (χ3n) is 2.39. The average Bonchev–Trinajstić information content (AvgIpc) is 2.85. The molecule has 1 aliphatic rings. The van der Waals surface area contributed by atoms with E-state index in [1.54, 1.807) is 6.33 Å². The lowest BCUT2D eigenvalue weighted by Gasteiger charge is -2.15. The summed E-state index contributed by atoms with van der Waals surface area (Å²) >= 11 is 5.18. The first-order valence-corrected chi connectivity index (χ1v) is 5.48. The normalized spacial score (nSPS) is 17.2. The van der Waals surface area contributed by atoms with E-state index in [0.29, 0.717) is 11.2 Å². The summed E-state index contributed by atoms with van der Waals surface area (Å²) in [5, 5.41) is 15.0. The summed E-state index contributed by atoms with van der Waals surface area (Å²) in [5.74, 6) is 0.884. The molecule has 1 atom stereocenters. The Hall–Kier alpha value is -1.17. The molecule has 0 radical (unpaired) electrons. The van der Waals surface area contributed by atoms with Crippen LogP contribution >= 0.6 is 12.2 Å². The Bertz CT molecular complexity index is 357. The molecular weight excluding hydrogens is 210 g/mol. The van der Waals surface area contributed by atoms with Gasteiger partial charge in [0.25, 0.3) is 0 Å². The van der Waals surface area contributed by atoms with Crippen molar-refractivity contribution in [3.8, 4) is 0 Å². The lowest BCUT2D eigenvalue weighted by Crippen LogP contribution is -2.38. The fourth-order valence-corrected chi connectivity index (χ4v) is 1.74. The Labute approximate surface area is 94.3 Å². The van der Waals surface area contributed by atoms with Crippen LogP contribution in [0.25, 0.3) is 0 Å². The van der Waals surface area contributed by atoms with Crippen molar-refractivity contribution in [3.05, 3.63) is 12.2 Å². The van der Waals surface area contributed by atoms with Gasteiger partial charge in [-0.3, -0.25) is 0 Å². The zero-order chi connectivity index (χ0) is 10.8. The number of nitrogens with zero attached hydrogens (tertiary/aromatic N) is 3. The van der Waals surface area contributed by atoms with Crippen molar-refractivity contribution in [1.29, 1.82) is 0 Å². The summed E-state index contributed by atoms with van der Waals surface area (Å²) in [6.07, 6.45) is 4.13. The third kappa shape index (κ3) is 2.65. The minimum Gasteiger partial charge on any atom is -0.360 e. The van der Waals surface area contributed by atoms with Crippen LogP contribution in [0.4, 0.5) is 0 Å². The molecule has 82 valence electrons. The second-order valence-corrected chi connectivity index (χ2v) is 4.32. The van der Waals surface area contributed by atoms with Crippen LogP contribution in [0.3, 0.4) is 0 Å². The summed E-state index contributed by atoms with van der Waals surface area (Å²) in [4.78, 5) is 0. The molecule has 5 nitrogen and oxygen atoms in total. The maximum absolute atomic E-state index is 5.18. The first kappa shape index (κ1) is 10.4. The maximum atomic E-state index is 5.18. The molecule has 6 heteroatoms. The van der Waals surface area contributed by atoms with E-state index in [-0.39, 0.29) is 6.04 Å². The van der Waals surface area contributed by atoms with E-state index >= 15 is 0 Å². The predicted octanol–water partition coefficient (Wildman–Crippen LogP) is 0.503. The Morgan fingerprint density at radius 2 is 2.40 bits per heavy atom. The molecule has 2 rings (SSSR count). The van der Waals surface area contributed by atoms with Crippen molar-refractivity contribution >= 4 is 17.3 Å². The molecule has 1 fully saturated rings. The number of hydrogen-bond donors (Lipinski definition) is 2. The standard InChI is InChI=1S/C9H15N5S/c1-6(8-13-10-5-14(8)2)11-9(15)12-7-3-4-7/h5-7H,3-4H2,1-2H3,(H2,11,12,15). The van der Waals surface area contributed by atoms with E-state index in [1.807, 2.05) is 18.5 Å². The number of aryl methyl sites for hydroxylation is 1. The SMILES string of the molecule is CC(NC(=S)NC1CC1)c1nncn1C. The highest BCUT2D eigenvalue weighted by atomic mass is 32.1. The van der Waals surface area contributed by atoms with E-state index in [0.717, 1.165) is 5.82 Å². The lowest BCUT2D eigenvalue weighted by molar-refractivity contribution is 0.617. The van der Waals surface area contributed by atoms with Crippen molar-refractivity contribution in [2.75, 3.05) is 0 Å². The highest BCUT2D eigenvalue weighted by molar-refractivity contribution is 7.80. The number of hydrogen-bond acceptors (Lipinski definition) is 3. The van der Waals surface area contributed by atoms with Gasteiger partial charge in [0, 0.05) is 13.1 Å². The van der Waals surface area contributed by atoms with Gasteiger partial charge in [-0.25, -0.2) is 0 Å². The van der Waals surface area contributed by atoms with E-state index in [4.69, 9.17) is 12.2 Å². The molecule has 0 aromatic carbocycles. The lowest BCUT2D eigenvalue weighted by atomic mass is 10.3. The van der Waals surface area contributed by atoms with E-state index in [9.17, 15) is 0 Å². The quantitative estimate of drug-likeness (QED) is 0.734. The zero-order valence-electron chi connectivity index (χ0n) is 8.90. The molecule has 15 heavy (non-hydrogen) atoms. The topological polar surface area (TPSA) is 54.8 Å². The Morgan fingerprint density at radius 1 is 1.67 bits per heavy atom. The number of rotatable bonds is 3. The molecule has 0 bridgehead atoms. The van der Waals surface area contributed by atoms with E-state index < -0.39 is 0 Å². The maximum Gasteiger partial charge on any atom is 0.167 e. The second-order valence-electron chi connectivity index (χ2n) is 3.91. The van der Waals surface area contributed by atoms with Crippen molar-refractivity contribution in [3.63, 3.8) is 0 Å². The highest BCUT2D eigenvalue weighted by Crippen LogP contribution is 2.18. The Morgan fingerprint density at radius 3 is 2.93 bits per heavy atom. The van der Waals surface area contributed by atoms with Crippen molar-refractivity contribution in [1.82, 2.24) is 25.4 Å². The van der Waals surface area contributed by atoms with Crippen molar-refractivity contribution < 1.29 is 0 Å². The molecule has 1 heterocycles. The molecular formula is C9H15N5S. The summed E-state index contributed by atoms with van der Waals surface area (Å²) in [6.45, 7) is 2.02. The summed E-state index contributed by atoms with van der Waals surface area (Å²) in [5.41, 5.74) is 0. The molecule has 1 saturated carbocycles. The van der Waals surface area contributed by atoms with Gasteiger partial charge < -0.3 is 15.2 Å². The molecule has 1 unspecified atom stereocenters. The average molecular weight is 225 g/mol. The van der Waals surface area contributed by atoms with Gasteiger partial charge >= 0.3 is 0 Å². The predicted molar refractivity (Wildman–Crippen MR) is 61.3 cm³/mol. The van der Waals surface area contributed by atoms with Crippen LogP contribution in [0.15, 0.2) is 6.33 Å². The largest absolute Gasteiger partial charge is 0.360 e. The van der Waals surface area contributed by atoms with Gasteiger partial charge in [0.05, 0.1) is 6.04 Å². The Balaban J connectivity index is 1.88. The second kappa shape index (κ2) is 4.14. The minimum atomic E-state index is 0.0799. The van der Waals surface area contributed by atoms with Gasteiger partial charge in [0.15, 0.2) is 10.9 Å². The number of aromatic nitrogens is 3. The molecule has 1 aromatic heterocycles. The molecule has 0 spiro atoms. The fraction of sp³-hybridized carbons (Fsp3) is 0.667. The number of nitrogens with one attached hydrogen (secondary N) is 2. The molecule has 2 N–H and O–H groups in total. The molecule has 0 amide bonds.